The zero-order valence-electron chi connectivity index (χ0n) is 8.60. The number of nitrogens with zero attached hydrogens (tertiary/aromatic N) is 2. The molecular formula is C10H16N2O2. The van der Waals surface area contributed by atoms with Crippen molar-refractivity contribution in [3.8, 4) is 0 Å². The van der Waals surface area contributed by atoms with Gasteiger partial charge in [0.25, 0.3) is 0 Å². The molecule has 0 saturated carbocycles. The first-order chi connectivity index (χ1) is 6.65. The fraction of sp³-hybridized carbons (Fsp3) is 0.600. The molecule has 1 unspecified atom stereocenters. The van der Waals surface area contributed by atoms with Crippen LogP contribution in [-0.4, -0.2) is 20.9 Å². The van der Waals surface area contributed by atoms with Crippen LogP contribution in [0.5, 0.6) is 0 Å². The summed E-state index contributed by atoms with van der Waals surface area (Å²) in [5.74, 6) is -0.441. The molecule has 0 aromatic carbocycles. The summed E-state index contributed by atoms with van der Waals surface area (Å²) < 4.78 is 1.56. The average molecular weight is 196 g/mol. The smallest absolute Gasteiger partial charge is 0.354 e. The molecule has 78 valence electrons. The average Bonchev–Trinajstić information content (AvgIpc) is 2.52. The van der Waals surface area contributed by atoms with E-state index >= 15 is 0 Å². The van der Waals surface area contributed by atoms with Crippen molar-refractivity contribution >= 4 is 5.97 Å². The van der Waals surface area contributed by atoms with E-state index < -0.39 is 5.97 Å². The molecule has 1 rings (SSSR count). The third-order valence-corrected chi connectivity index (χ3v) is 2.20. The highest BCUT2D eigenvalue weighted by Gasteiger charge is 2.11. The van der Waals surface area contributed by atoms with Gasteiger partial charge in [0.1, 0.15) is 5.69 Å². The van der Waals surface area contributed by atoms with E-state index in [1.807, 2.05) is 0 Å². The van der Waals surface area contributed by atoms with Crippen LogP contribution in [0.4, 0.5) is 0 Å². The number of aromatic carboxylic acids is 1. The van der Waals surface area contributed by atoms with Crippen LogP contribution >= 0.6 is 0 Å². The van der Waals surface area contributed by atoms with Crippen LogP contribution in [0.15, 0.2) is 12.3 Å². The lowest BCUT2D eigenvalue weighted by Gasteiger charge is -2.11. The highest BCUT2D eigenvalue weighted by atomic mass is 16.4. The maximum Gasteiger partial charge on any atom is 0.354 e. The number of rotatable bonds is 5. The lowest BCUT2D eigenvalue weighted by atomic mass is 10.1. The normalized spacial score (nSPS) is 12.7. The van der Waals surface area contributed by atoms with Crippen LogP contribution in [0.2, 0.25) is 0 Å². The lowest BCUT2D eigenvalue weighted by molar-refractivity contribution is 0.0682. The van der Waals surface area contributed by atoms with Crippen LogP contribution in [0.1, 0.15) is 37.2 Å². The topological polar surface area (TPSA) is 55.1 Å². The van der Waals surface area contributed by atoms with Crippen LogP contribution in [0.25, 0.3) is 0 Å². The first-order valence-corrected chi connectivity index (χ1v) is 4.90. The highest BCUT2D eigenvalue weighted by molar-refractivity contribution is 5.85. The number of hydrogen-bond acceptors (Lipinski definition) is 2. The van der Waals surface area contributed by atoms with Crippen molar-refractivity contribution < 1.29 is 9.90 Å². The fourth-order valence-corrected chi connectivity index (χ4v) is 1.54. The van der Waals surface area contributed by atoms with Crippen molar-refractivity contribution in [2.24, 2.45) is 5.92 Å². The van der Waals surface area contributed by atoms with Crippen molar-refractivity contribution in [3.63, 3.8) is 0 Å². The summed E-state index contributed by atoms with van der Waals surface area (Å²) >= 11 is 0. The molecule has 0 saturated heterocycles. The molecule has 4 nitrogen and oxygen atoms in total. The number of carbonyl (C=O) groups is 1. The van der Waals surface area contributed by atoms with Gasteiger partial charge in [-0.15, -0.1) is 0 Å². The molecule has 0 aliphatic carbocycles. The van der Waals surface area contributed by atoms with Gasteiger partial charge in [-0.25, -0.2) is 4.79 Å². The maximum absolute atomic E-state index is 10.8. The Hall–Kier alpha value is -1.32. The van der Waals surface area contributed by atoms with E-state index in [0.29, 0.717) is 12.5 Å². The summed E-state index contributed by atoms with van der Waals surface area (Å²) in [7, 11) is 0. The van der Waals surface area contributed by atoms with Gasteiger partial charge in [-0.3, -0.25) is 4.68 Å². The van der Waals surface area contributed by atoms with E-state index in [0.717, 1.165) is 12.8 Å². The summed E-state index contributed by atoms with van der Waals surface area (Å²) in [6.45, 7) is 4.91. The summed E-state index contributed by atoms with van der Waals surface area (Å²) in [5, 5.41) is 12.8. The summed E-state index contributed by atoms with van der Waals surface area (Å²) in [6, 6.07) is 1.53. The Bertz CT molecular complexity index is 307. The Labute approximate surface area is 83.5 Å². The monoisotopic (exact) mass is 196 g/mol. The van der Waals surface area contributed by atoms with Crippen LogP contribution in [0.3, 0.4) is 0 Å². The fourth-order valence-electron chi connectivity index (χ4n) is 1.54. The molecule has 1 N–H and O–H groups in total. The first kappa shape index (κ1) is 10.8. The molecular weight excluding hydrogens is 180 g/mol. The molecule has 0 bridgehead atoms. The summed E-state index contributed by atoms with van der Waals surface area (Å²) in [4.78, 5) is 10.8. The van der Waals surface area contributed by atoms with Crippen LogP contribution in [0, 0.1) is 5.92 Å². The zero-order valence-corrected chi connectivity index (χ0v) is 8.60. The van der Waals surface area contributed by atoms with Crippen molar-refractivity contribution in [2.45, 2.75) is 33.2 Å². The van der Waals surface area contributed by atoms with Gasteiger partial charge in [-0.1, -0.05) is 20.3 Å². The third kappa shape index (κ3) is 2.58. The molecule has 0 aliphatic rings. The van der Waals surface area contributed by atoms with Gasteiger partial charge in [-0.2, -0.15) is 5.10 Å². The first-order valence-electron chi connectivity index (χ1n) is 4.90. The Morgan fingerprint density at radius 3 is 3.00 bits per heavy atom. The van der Waals surface area contributed by atoms with Crippen LogP contribution < -0.4 is 0 Å². The molecule has 14 heavy (non-hydrogen) atoms. The molecule has 1 atom stereocenters. The molecule has 1 heterocycles. The van der Waals surface area contributed by atoms with E-state index in [1.165, 1.54) is 12.3 Å². The van der Waals surface area contributed by atoms with Crippen molar-refractivity contribution in [2.75, 3.05) is 0 Å². The van der Waals surface area contributed by atoms with E-state index in [1.54, 1.807) is 4.68 Å². The maximum atomic E-state index is 10.8. The van der Waals surface area contributed by atoms with Crippen LogP contribution in [-0.2, 0) is 6.54 Å². The number of aromatic nitrogens is 2. The van der Waals surface area contributed by atoms with Gasteiger partial charge in [0, 0.05) is 12.7 Å². The predicted molar refractivity (Wildman–Crippen MR) is 53.3 cm³/mol. The molecule has 0 radical (unpaired) electrons. The largest absolute Gasteiger partial charge is 0.477 e. The van der Waals surface area contributed by atoms with Gasteiger partial charge in [0.15, 0.2) is 0 Å². The number of hydrogen-bond donors (Lipinski definition) is 1. The van der Waals surface area contributed by atoms with E-state index in [4.69, 9.17) is 5.11 Å². The minimum absolute atomic E-state index is 0.271. The SMILES string of the molecule is CCCC(C)Cn1nccc1C(=O)O. The number of carboxylic acid groups (broad SMARTS) is 1. The second-order valence-electron chi connectivity index (χ2n) is 3.60. The van der Waals surface area contributed by atoms with Crippen molar-refractivity contribution in [1.29, 1.82) is 0 Å². The van der Waals surface area contributed by atoms with Gasteiger partial charge in [0.2, 0.25) is 0 Å². The van der Waals surface area contributed by atoms with Gasteiger partial charge < -0.3 is 5.11 Å². The zero-order chi connectivity index (χ0) is 10.6. The Morgan fingerprint density at radius 1 is 1.71 bits per heavy atom. The Morgan fingerprint density at radius 2 is 2.43 bits per heavy atom. The minimum Gasteiger partial charge on any atom is -0.477 e. The number of carboxylic acids is 1. The quantitative estimate of drug-likeness (QED) is 0.783. The molecule has 0 aliphatic heterocycles. The molecule has 0 amide bonds. The van der Waals surface area contributed by atoms with Gasteiger partial charge in [0.05, 0.1) is 0 Å². The molecule has 0 fully saturated rings. The molecule has 1 aromatic rings. The lowest BCUT2D eigenvalue weighted by Crippen LogP contribution is -2.14. The van der Waals surface area contributed by atoms with Gasteiger partial charge >= 0.3 is 5.97 Å². The molecule has 1 aromatic heterocycles. The van der Waals surface area contributed by atoms with Crippen molar-refractivity contribution in [3.05, 3.63) is 18.0 Å². The molecule has 0 spiro atoms. The van der Waals surface area contributed by atoms with E-state index in [-0.39, 0.29) is 5.69 Å². The predicted octanol–water partition coefficient (Wildman–Crippen LogP) is 2.02. The highest BCUT2D eigenvalue weighted by Crippen LogP contribution is 2.09. The Kier molecular flexibility index (Phi) is 3.68. The second-order valence-corrected chi connectivity index (χ2v) is 3.60. The second kappa shape index (κ2) is 4.79. The summed E-state index contributed by atoms with van der Waals surface area (Å²) in [6.07, 6.45) is 3.74. The summed E-state index contributed by atoms with van der Waals surface area (Å²) in [5.41, 5.74) is 0.271. The van der Waals surface area contributed by atoms with E-state index in [9.17, 15) is 4.79 Å². The minimum atomic E-state index is -0.911. The molecule has 4 heteroatoms. The van der Waals surface area contributed by atoms with Gasteiger partial charge in [-0.05, 0) is 18.4 Å². The third-order valence-electron chi connectivity index (χ3n) is 2.20. The van der Waals surface area contributed by atoms with Crippen molar-refractivity contribution in [1.82, 2.24) is 9.78 Å². The standard InChI is InChI=1S/C10H16N2O2/c1-3-4-8(2)7-12-9(10(13)14)5-6-11-12/h5-6,8H,3-4,7H2,1-2H3,(H,13,14). The van der Waals surface area contributed by atoms with E-state index in [2.05, 4.69) is 18.9 Å². The Balaban J connectivity index is 2.66.